The summed E-state index contributed by atoms with van der Waals surface area (Å²) in [6, 6.07) is 30.1. The lowest BCUT2D eigenvalue weighted by Crippen LogP contribution is -2.30. The number of nitrogens with one attached hydrogen (secondary N) is 2. The van der Waals surface area contributed by atoms with Crippen LogP contribution in [0.3, 0.4) is 0 Å². The molecule has 0 aliphatic heterocycles. The first-order chi connectivity index (χ1) is 18.4. The molecule has 0 fully saturated rings. The Balaban J connectivity index is 1.49. The molecule has 2 amide bonds. The van der Waals surface area contributed by atoms with E-state index in [9.17, 15) is 14.4 Å². The lowest BCUT2D eigenvalue weighted by atomic mass is 10.1. The van der Waals surface area contributed by atoms with Gasteiger partial charge in [-0.1, -0.05) is 82.1 Å². The molecule has 5 nitrogen and oxygen atoms in total. The van der Waals surface area contributed by atoms with Crippen molar-refractivity contribution in [3.8, 4) is 0 Å². The lowest BCUT2D eigenvalue weighted by molar-refractivity contribution is -0.113. The molecule has 0 saturated carbocycles. The van der Waals surface area contributed by atoms with E-state index in [1.165, 1.54) is 17.8 Å². The molecular formula is C30H22BrClN2O3S. The molecule has 0 radical (unpaired) electrons. The topological polar surface area (TPSA) is 75.3 Å². The highest BCUT2D eigenvalue weighted by Gasteiger charge is 2.16. The second-order valence-corrected chi connectivity index (χ2v) is 10.5. The number of thioether (sulfide) groups is 1. The van der Waals surface area contributed by atoms with Gasteiger partial charge >= 0.3 is 0 Å². The molecular weight excluding hydrogens is 584 g/mol. The minimum atomic E-state index is -0.512. The van der Waals surface area contributed by atoms with E-state index in [1.807, 2.05) is 18.2 Å². The average Bonchev–Trinajstić information content (AvgIpc) is 2.93. The number of benzene rings is 4. The Morgan fingerprint density at radius 1 is 0.816 bits per heavy atom. The molecule has 2 N–H and O–H groups in total. The Morgan fingerprint density at radius 3 is 2.26 bits per heavy atom. The number of hydrogen-bond donors (Lipinski definition) is 2. The molecule has 0 spiro atoms. The highest BCUT2D eigenvalue weighted by molar-refractivity contribution is 9.10. The normalized spacial score (nSPS) is 11.1. The summed E-state index contributed by atoms with van der Waals surface area (Å²) in [7, 11) is 0. The van der Waals surface area contributed by atoms with E-state index < -0.39 is 11.8 Å². The zero-order chi connectivity index (χ0) is 26.9. The zero-order valence-electron chi connectivity index (χ0n) is 20.0. The van der Waals surface area contributed by atoms with Crippen LogP contribution in [0.1, 0.15) is 26.3 Å². The number of ketones is 1. The highest BCUT2D eigenvalue weighted by Crippen LogP contribution is 2.24. The fourth-order valence-corrected chi connectivity index (χ4v) is 4.72. The van der Waals surface area contributed by atoms with E-state index in [0.29, 0.717) is 27.4 Å². The van der Waals surface area contributed by atoms with Crippen molar-refractivity contribution in [2.45, 2.75) is 4.90 Å². The number of amides is 2. The summed E-state index contributed by atoms with van der Waals surface area (Å²) in [5.41, 5.74) is 2.20. The van der Waals surface area contributed by atoms with E-state index in [0.717, 1.165) is 9.37 Å². The van der Waals surface area contributed by atoms with Crippen molar-refractivity contribution in [1.82, 2.24) is 5.32 Å². The minimum Gasteiger partial charge on any atom is -0.321 e. The molecule has 0 bridgehead atoms. The van der Waals surface area contributed by atoms with Crippen LogP contribution in [0.25, 0.3) is 6.08 Å². The first-order valence-electron chi connectivity index (χ1n) is 11.5. The van der Waals surface area contributed by atoms with Crippen LogP contribution >= 0.6 is 39.3 Å². The number of Topliss-reactive ketones (excluding diaryl/α,β-unsaturated/α-hetero) is 1. The summed E-state index contributed by atoms with van der Waals surface area (Å²) >= 11 is 11.0. The second-order valence-electron chi connectivity index (χ2n) is 8.10. The van der Waals surface area contributed by atoms with E-state index in [1.54, 1.807) is 84.9 Å². The van der Waals surface area contributed by atoms with E-state index in [2.05, 4.69) is 26.6 Å². The largest absolute Gasteiger partial charge is 0.321 e. The predicted octanol–water partition coefficient (Wildman–Crippen LogP) is 7.49. The van der Waals surface area contributed by atoms with Gasteiger partial charge in [0.15, 0.2) is 5.78 Å². The molecule has 0 saturated heterocycles. The van der Waals surface area contributed by atoms with Gasteiger partial charge in [0.25, 0.3) is 11.8 Å². The van der Waals surface area contributed by atoms with Crippen LogP contribution in [0, 0.1) is 0 Å². The zero-order valence-corrected chi connectivity index (χ0v) is 23.1. The van der Waals surface area contributed by atoms with Crippen molar-refractivity contribution in [1.29, 1.82) is 0 Å². The van der Waals surface area contributed by atoms with Gasteiger partial charge in [0.1, 0.15) is 5.70 Å². The van der Waals surface area contributed by atoms with Crippen LogP contribution < -0.4 is 10.6 Å². The number of carbonyl (C=O) groups is 3. The Morgan fingerprint density at radius 2 is 1.53 bits per heavy atom. The van der Waals surface area contributed by atoms with Gasteiger partial charge in [-0.2, -0.15) is 0 Å². The van der Waals surface area contributed by atoms with Gasteiger partial charge in [0, 0.05) is 31.2 Å². The fraction of sp³-hybridized carbons (Fsp3) is 0.0333. The third-order valence-electron chi connectivity index (χ3n) is 5.36. The molecule has 0 heterocycles. The van der Waals surface area contributed by atoms with Crippen LogP contribution in [-0.4, -0.2) is 23.4 Å². The van der Waals surface area contributed by atoms with Gasteiger partial charge in [0.05, 0.1) is 5.75 Å². The standard InChI is InChI=1S/C30H22BrClN2O3S/c31-23-15-13-20(14-16-23)28(35)19-38-25-11-6-10-24(18-25)33-30(37)27(17-22-9-4-5-12-26(22)32)34-29(36)21-7-2-1-3-8-21/h1-18H,19H2,(H,33,37)(H,34,36)/b27-17-. The van der Waals surface area contributed by atoms with Crippen LogP contribution in [0.15, 0.2) is 118 Å². The number of rotatable bonds is 9. The van der Waals surface area contributed by atoms with Gasteiger partial charge < -0.3 is 10.6 Å². The van der Waals surface area contributed by atoms with E-state index >= 15 is 0 Å². The Bertz CT molecular complexity index is 1490. The van der Waals surface area contributed by atoms with Crippen molar-refractivity contribution in [2.24, 2.45) is 0 Å². The Hall–Kier alpha value is -3.65. The average molecular weight is 606 g/mol. The number of anilines is 1. The predicted molar refractivity (Wildman–Crippen MR) is 158 cm³/mol. The summed E-state index contributed by atoms with van der Waals surface area (Å²) < 4.78 is 0.910. The second kappa shape index (κ2) is 13.2. The van der Waals surface area contributed by atoms with E-state index in [4.69, 9.17) is 11.6 Å². The summed E-state index contributed by atoms with van der Waals surface area (Å²) in [4.78, 5) is 39.5. The Labute approximate surface area is 238 Å². The number of carbonyl (C=O) groups excluding carboxylic acids is 3. The molecule has 0 aliphatic rings. The summed E-state index contributed by atoms with van der Waals surface area (Å²) in [6.07, 6.45) is 1.54. The smallest absolute Gasteiger partial charge is 0.272 e. The third kappa shape index (κ3) is 7.68. The molecule has 0 aromatic heterocycles. The Kier molecular flexibility index (Phi) is 9.54. The molecule has 0 aliphatic carbocycles. The first kappa shape index (κ1) is 27.4. The quantitative estimate of drug-likeness (QED) is 0.118. The highest BCUT2D eigenvalue weighted by atomic mass is 79.9. The minimum absolute atomic E-state index is 0.00511. The van der Waals surface area contributed by atoms with Crippen molar-refractivity contribution >= 4 is 68.7 Å². The maximum absolute atomic E-state index is 13.3. The number of hydrogen-bond acceptors (Lipinski definition) is 4. The third-order valence-corrected chi connectivity index (χ3v) is 7.23. The molecule has 190 valence electrons. The van der Waals surface area contributed by atoms with Crippen molar-refractivity contribution in [3.63, 3.8) is 0 Å². The van der Waals surface area contributed by atoms with Gasteiger partial charge in [-0.25, -0.2) is 0 Å². The van der Waals surface area contributed by atoms with Crippen LogP contribution in [0.5, 0.6) is 0 Å². The van der Waals surface area contributed by atoms with Crippen molar-refractivity contribution in [3.05, 3.63) is 135 Å². The molecule has 38 heavy (non-hydrogen) atoms. The van der Waals surface area contributed by atoms with Crippen LogP contribution in [0.2, 0.25) is 5.02 Å². The number of halogens is 2. The van der Waals surface area contributed by atoms with Gasteiger partial charge in [-0.3, -0.25) is 14.4 Å². The SMILES string of the molecule is O=C(Nc1cccc(SCC(=O)c2ccc(Br)cc2)c1)/C(=C/c1ccccc1Cl)NC(=O)c1ccccc1. The summed E-state index contributed by atoms with van der Waals surface area (Å²) in [5, 5.41) is 5.99. The lowest BCUT2D eigenvalue weighted by Gasteiger charge is -2.12. The monoisotopic (exact) mass is 604 g/mol. The molecule has 4 rings (SSSR count). The van der Waals surface area contributed by atoms with Crippen molar-refractivity contribution in [2.75, 3.05) is 11.1 Å². The van der Waals surface area contributed by atoms with Crippen LogP contribution in [-0.2, 0) is 4.79 Å². The summed E-state index contributed by atoms with van der Waals surface area (Å²) in [5.74, 6) is -0.674. The molecule has 4 aromatic carbocycles. The van der Waals surface area contributed by atoms with Gasteiger partial charge in [-0.05, 0) is 60.2 Å². The molecule has 4 aromatic rings. The molecule has 8 heteroatoms. The first-order valence-corrected chi connectivity index (χ1v) is 13.7. The molecule has 0 unspecified atom stereocenters. The van der Waals surface area contributed by atoms with Crippen LogP contribution in [0.4, 0.5) is 5.69 Å². The van der Waals surface area contributed by atoms with E-state index in [-0.39, 0.29) is 17.2 Å². The van der Waals surface area contributed by atoms with Gasteiger partial charge in [0.2, 0.25) is 0 Å². The summed E-state index contributed by atoms with van der Waals surface area (Å²) in [6.45, 7) is 0. The molecule has 0 atom stereocenters. The van der Waals surface area contributed by atoms with Crippen molar-refractivity contribution < 1.29 is 14.4 Å². The van der Waals surface area contributed by atoms with Gasteiger partial charge in [-0.15, -0.1) is 11.8 Å². The maximum Gasteiger partial charge on any atom is 0.272 e. The maximum atomic E-state index is 13.3. The fourth-order valence-electron chi connectivity index (χ4n) is 3.42.